The molecular formula is C28H36F2N4O. The van der Waals surface area contributed by atoms with Gasteiger partial charge in [-0.3, -0.25) is 14.5 Å². The number of hydrogen-bond acceptors (Lipinski definition) is 4. The van der Waals surface area contributed by atoms with Gasteiger partial charge in [0.05, 0.1) is 12.8 Å². The van der Waals surface area contributed by atoms with Gasteiger partial charge in [0.1, 0.15) is 5.82 Å². The fourth-order valence-corrected chi connectivity index (χ4v) is 5.32. The van der Waals surface area contributed by atoms with Crippen LogP contribution < -0.4 is 4.74 Å². The van der Waals surface area contributed by atoms with Crippen molar-refractivity contribution in [3.63, 3.8) is 0 Å². The van der Waals surface area contributed by atoms with E-state index in [-0.39, 0.29) is 23.4 Å². The highest BCUT2D eigenvalue weighted by Gasteiger charge is 2.30. The van der Waals surface area contributed by atoms with Crippen LogP contribution in [-0.2, 0) is 26.6 Å². The van der Waals surface area contributed by atoms with Gasteiger partial charge in [0.25, 0.3) is 0 Å². The standard InChI is InChI=1S/C28H36F2N4O/c1-20-24(19-33(3)31-20)18-32(2)27(16-23-7-5-6-8-25(23)29)22-11-13-34(14-12-22)17-21-9-10-26(30)28(15-21)35-4/h5-10,15,19,22,27H,11-14,16-18H2,1-4H3/t27-/m0/s1. The van der Waals surface area contributed by atoms with Gasteiger partial charge in [0, 0.05) is 37.9 Å². The van der Waals surface area contributed by atoms with Crippen molar-refractivity contribution in [1.82, 2.24) is 19.6 Å². The summed E-state index contributed by atoms with van der Waals surface area (Å²) in [5.41, 5.74) is 4.06. The quantitative estimate of drug-likeness (QED) is 0.431. The highest BCUT2D eigenvalue weighted by molar-refractivity contribution is 5.30. The SMILES string of the molecule is COc1cc(CN2CCC([C@H](Cc3ccccc3F)N(C)Cc3cn(C)nc3C)CC2)ccc1F. The summed E-state index contributed by atoms with van der Waals surface area (Å²) in [6, 6.07) is 12.4. The van der Waals surface area contributed by atoms with Crippen molar-refractivity contribution in [2.45, 2.75) is 45.3 Å². The maximum Gasteiger partial charge on any atom is 0.165 e. The van der Waals surface area contributed by atoms with E-state index in [1.807, 2.05) is 36.9 Å². The summed E-state index contributed by atoms with van der Waals surface area (Å²) in [7, 11) is 5.59. The Kier molecular flexibility index (Phi) is 8.19. The molecule has 1 aliphatic rings. The van der Waals surface area contributed by atoms with Crippen LogP contribution in [-0.4, -0.2) is 52.9 Å². The van der Waals surface area contributed by atoms with E-state index in [0.717, 1.165) is 55.8 Å². The van der Waals surface area contributed by atoms with Crippen molar-refractivity contribution >= 4 is 0 Å². The van der Waals surface area contributed by atoms with Crippen LogP contribution in [0.15, 0.2) is 48.7 Å². The van der Waals surface area contributed by atoms with Crippen LogP contribution >= 0.6 is 0 Å². The molecule has 1 saturated heterocycles. The lowest BCUT2D eigenvalue weighted by molar-refractivity contribution is 0.0948. The number of benzene rings is 2. The number of likely N-dealkylation sites (N-methyl/N-ethyl adjacent to an activating group) is 1. The molecule has 1 aliphatic heterocycles. The molecule has 2 heterocycles. The molecule has 0 N–H and O–H groups in total. The molecule has 0 unspecified atom stereocenters. The molecule has 0 amide bonds. The molecule has 5 nitrogen and oxygen atoms in total. The minimum atomic E-state index is -0.335. The lowest BCUT2D eigenvalue weighted by atomic mass is 9.84. The summed E-state index contributed by atoms with van der Waals surface area (Å²) < 4.78 is 35.4. The number of ether oxygens (including phenoxy) is 1. The van der Waals surface area contributed by atoms with Crippen LogP contribution in [0.3, 0.4) is 0 Å². The molecule has 1 aromatic heterocycles. The Morgan fingerprint density at radius 3 is 2.49 bits per heavy atom. The van der Waals surface area contributed by atoms with E-state index in [2.05, 4.69) is 28.1 Å². The summed E-state index contributed by atoms with van der Waals surface area (Å²) in [6.07, 6.45) is 4.83. The number of halogens is 2. The normalized spacial score (nSPS) is 16.1. The fraction of sp³-hybridized carbons (Fsp3) is 0.464. The summed E-state index contributed by atoms with van der Waals surface area (Å²) in [5, 5.41) is 4.49. The van der Waals surface area contributed by atoms with Gasteiger partial charge in [-0.1, -0.05) is 24.3 Å². The largest absolute Gasteiger partial charge is 0.494 e. The second-order valence-corrected chi connectivity index (χ2v) is 9.77. The highest BCUT2D eigenvalue weighted by Crippen LogP contribution is 2.29. The number of likely N-dealkylation sites (tertiary alicyclic amines) is 1. The Bertz CT molecular complexity index is 1120. The first kappa shape index (κ1) is 25.3. The van der Waals surface area contributed by atoms with Gasteiger partial charge in [-0.05, 0) is 81.6 Å². The first-order chi connectivity index (χ1) is 16.8. The van der Waals surface area contributed by atoms with Crippen molar-refractivity contribution < 1.29 is 13.5 Å². The highest BCUT2D eigenvalue weighted by atomic mass is 19.1. The molecule has 1 atom stereocenters. The van der Waals surface area contributed by atoms with Gasteiger partial charge < -0.3 is 4.74 Å². The van der Waals surface area contributed by atoms with Crippen LogP contribution in [0, 0.1) is 24.5 Å². The maximum absolute atomic E-state index is 14.6. The molecule has 188 valence electrons. The lowest BCUT2D eigenvalue weighted by Gasteiger charge is -2.40. The molecule has 0 spiro atoms. The Labute approximate surface area is 207 Å². The molecule has 0 bridgehead atoms. The number of rotatable bonds is 9. The molecule has 3 aromatic rings. The summed E-state index contributed by atoms with van der Waals surface area (Å²) in [5.74, 6) is 0.272. The Morgan fingerprint density at radius 2 is 1.83 bits per heavy atom. The average Bonchev–Trinajstić information content (AvgIpc) is 3.16. The molecule has 2 aromatic carbocycles. The zero-order valence-corrected chi connectivity index (χ0v) is 21.2. The number of aryl methyl sites for hydroxylation is 2. The van der Waals surface area contributed by atoms with E-state index in [0.29, 0.717) is 12.3 Å². The summed E-state index contributed by atoms with van der Waals surface area (Å²) in [4.78, 5) is 4.79. The first-order valence-electron chi connectivity index (χ1n) is 12.3. The molecule has 0 saturated carbocycles. The van der Waals surface area contributed by atoms with Crippen LogP contribution in [0.5, 0.6) is 5.75 Å². The minimum absolute atomic E-state index is 0.133. The third kappa shape index (κ3) is 6.27. The van der Waals surface area contributed by atoms with Crippen LogP contribution in [0.4, 0.5) is 8.78 Å². The second-order valence-electron chi connectivity index (χ2n) is 9.77. The van der Waals surface area contributed by atoms with E-state index < -0.39 is 0 Å². The van der Waals surface area contributed by atoms with Crippen molar-refractivity contribution in [3.05, 3.63) is 82.7 Å². The van der Waals surface area contributed by atoms with E-state index in [4.69, 9.17) is 4.74 Å². The second kappa shape index (κ2) is 11.3. The third-order valence-corrected chi connectivity index (χ3v) is 7.29. The van der Waals surface area contributed by atoms with Crippen molar-refractivity contribution in [2.24, 2.45) is 13.0 Å². The Morgan fingerprint density at radius 1 is 1.09 bits per heavy atom. The number of nitrogens with zero attached hydrogens (tertiary/aromatic N) is 4. The van der Waals surface area contributed by atoms with E-state index >= 15 is 0 Å². The lowest BCUT2D eigenvalue weighted by Crippen LogP contribution is -2.45. The summed E-state index contributed by atoms with van der Waals surface area (Å²) in [6.45, 7) is 5.51. The van der Waals surface area contributed by atoms with Gasteiger partial charge in [0.2, 0.25) is 0 Å². The van der Waals surface area contributed by atoms with Crippen molar-refractivity contribution in [3.8, 4) is 5.75 Å². The number of aromatic nitrogens is 2. The fourth-order valence-electron chi connectivity index (χ4n) is 5.32. The maximum atomic E-state index is 14.6. The van der Waals surface area contributed by atoms with Crippen molar-refractivity contribution in [2.75, 3.05) is 27.2 Å². The van der Waals surface area contributed by atoms with Crippen LogP contribution in [0.25, 0.3) is 0 Å². The third-order valence-electron chi connectivity index (χ3n) is 7.29. The van der Waals surface area contributed by atoms with E-state index in [1.165, 1.54) is 18.7 Å². The Balaban J connectivity index is 1.45. The number of methoxy groups -OCH3 is 1. The topological polar surface area (TPSA) is 33.5 Å². The van der Waals surface area contributed by atoms with Gasteiger partial charge in [-0.15, -0.1) is 0 Å². The molecule has 0 aliphatic carbocycles. The van der Waals surface area contributed by atoms with Gasteiger partial charge in [-0.2, -0.15) is 5.10 Å². The average molecular weight is 483 g/mol. The zero-order chi connectivity index (χ0) is 24.9. The van der Waals surface area contributed by atoms with Crippen LogP contribution in [0.1, 0.15) is 35.2 Å². The van der Waals surface area contributed by atoms with Crippen LogP contribution in [0.2, 0.25) is 0 Å². The van der Waals surface area contributed by atoms with Crippen molar-refractivity contribution in [1.29, 1.82) is 0 Å². The molecule has 7 heteroatoms. The van der Waals surface area contributed by atoms with Gasteiger partial charge >= 0.3 is 0 Å². The number of hydrogen-bond donors (Lipinski definition) is 0. The van der Waals surface area contributed by atoms with E-state index in [9.17, 15) is 8.78 Å². The predicted molar refractivity (Wildman–Crippen MR) is 134 cm³/mol. The molecular weight excluding hydrogens is 446 g/mol. The number of piperidine rings is 1. The van der Waals surface area contributed by atoms with E-state index in [1.54, 1.807) is 18.2 Å². The van der Waals surface area contributed by atoms with Gasteiger partial charge in [0.15, 0.2) is 11.6 Å². The van der Waals surface area contributed by atoms with Gasteiger partial charge in [-0.25, -0.2) is 8.78 Å². The molecule has 1 fully saturated rings. The molecule has 35 heavy (non-hydrogen) atoms. The zero-order valence-electron chi connectivity index (χ0n) is 21.2. The minimum Gasteiger partial charge on any atom is -0.494 e. The molecule has 4 rings (SSSR count). The molecule has 0 radical (unpaired) electrons. The monoisotopic (exact) mass is 482 g/mol. The first-order valence-corrected chi connectivity index (χ1v) is 12.3. The predicted octanol–water partition coefficient (Wildman–Crippen LogP) is 4.97. The summed E-state index contributed by atoms with van der Waals surface area (Å²) >= 11 is 0. The Hall–Kier alpha value is -2.77. The smallest absolute Gasteiger partial charge is 0.165 e.